The van der Waals surface area contributed by atoms with E-state index in [1.165, 1.54) is 6.07 Å². The number of ketones is 2. The van der Waals surface area contributed by atoms with Crippen LogP contribution >= 0.6 is 11.6 Å². The van der Waals surface area contributed by atoms with Crippen molar-refractivity contribution in [3.8, 4) is 0 Å². The van der Waals surface area contributed by atoms with Crippen LogP contribution in [0.4, 0.5) is 4.39 Å². The molecular weight excluding hydrogens is 535 g/mol. The van der Waals surface area contributed by atoms with E-state index in [2.05, 4.69) is 9.97 Å². The standard InChI is InChI=1S/C18H14FNO.C17H12ClNO/c1-10-18(15-8-11(19)6-7-16(15)20-10)14-9-17(21)13-5-3-2-4-12(13)14;18-14-6-3-7-15-17(14)13(9-19-15)12-8-16(20)11-5-2-1-4-10(11)12/h2-8,14,20H,9H2,1H3;1-7,9,12,19H,8H2. The van der Waals surface area contributed by atoms with Crippen molar-refractivity contribution >= 4 is 45.0 Å². The van der Waals surface area contributed by atoms with Crippen molar-refractivity contribution in [1.82, 2.24) is 9.97 Å². The molecule has 2 heterocycles. The summed E-state index contributed by atoms with van der Waals surface area (Å²) in [4.78, 5) is 30.9. The van der Waals surface area contributed by atoms with Gasteiger partial charge in [-0.2, -0.15) is 0 Å². The first kappa shape index (κ1) is 25.5. The van der Waals surface area contributed by atoms with Gasteiger partial charge in [-0.25, -0.2) is 4.39 Å². The second-order valence-corrected chi connectivity index (χ2v) is 11.2. The Bertz CT molecular complexity index is 2000. The zero-order valence-electron chi connectivity index (χ0n) is 22.3. The molecule has 8 rings (SSSR count). The Kier molecular flexibility index (Phi) is 6.13. The molecule has 0 fully saturated rings. The van der Waals surface area contributed by atoms with Gasteiger partial charge in [0.2, 0.25) is 0 Å². The molecule has 2 aliphatic rings. The molecule has 4 nitrogen and oxygen atoms in total. The quantitative estimate of drug-likeness (QED) is 0.222. The number of aromatic nitrogens is 2. The van der Waals surface area contributed by atoms with Gasteiger partial charge in [0.1, 0.15) is 5.82 Å². The molecule has 2 aliphatic carbocycles. The lowest BCUT2D eigenvalue weighted by atomic mass is 9.91. The summed E-state index contributed by atoms with van der Waals surface area (Å²) in [5, 5.41) is 2.64. The minimum absolute atomic E-state index is 0.0178. The predicted molar refractivity (Wildman–Crippen MR) is 161 cm³/mol. The summed E-state index contributed by atoms with van der Waals surface area (Å²) in [6.07, 6.45) is 2.97. The average molecular weight is 561 g/mol. The van der Waals surface area contributed by atoms with E-state index in [4.69, 9.17) is 11.6 Å². The SMILES string of the molecule is Cc1[nH]c2ccc(F)cc2c1C1CC(=O)c2ccccc21.O=C1CC(c2c[nH]c3cccc(Cl)c23)c2ccccc21. The number of hydrogen-bond donors (Lipinski definition) is 2. The smallest absolute Gasteiger partial charge is 0.164 e. The Morgan fingerprint density at radius 3 is 2.15 bits per heavy atom. The van der Waals surface area contributed by atoms with Gasteiger partial charge in [0, 0.05) is 69.5 Å². The summed E-state index contributed by atoms with van der Waals surface area (Å²) >= 11 is 6.34. The summed E-state index contributed by atoms with van der Waals surface area (Å²) in [7, 11) is 0. The van der Waals surface area contributed by atoms with Crippen molar-refractivity contribution < 1.29 is 14.0 Å². The number of benzene rings is 4. The lowest BCUT2D eigenvalue weighted by Crippen LogP contribution is -1.98. The van der Waals surface area contributed by atoms with Gasteiger partial charge in [0.25, 0.3) is 0 Å². The van der Waals surface area contributed by atoms with Gasteiger partial charge in [-0.3, -0.25) is 9.59 Å². The van der Waals surface area contributed by atoms with E-state index >= 15 is 0 Å². The monoisotopic (exact) mass is 560 g/mol. The van der Waals surface area contributed by atoms with Gasteiger partial charge >= 0.3 is 0 Å². The van der Waals surface area contributed by atoms with Gasteiger partial charge in [-0.1, -0.05) is 66.2 Å². The van der Waals surface area contributed by atoms with E-state index in [9.17, 15) is 14.0 Å². The summed E-state index contributed by atoms with van der Waals surface area (Å²) in [6, 6.07) is 26.2. The number of halogens is 2. The number of aromatic amines is 2. The summed E-state index contributed by atoms with van der Waals surface area (Å²) in [5.41, 5.74) is 8.91. The molecule has 6 aromatic rings. The number of hydrogen-bond acceptors (Lipinski definition) is 2. The van der Waals surface area contributed by atoms with Crippen LogP contribution in [0.1, 0.15) is 73.3 Å². The molecule has 6 heteroatoms. The van der Waals surface area contributed by atoms with Crippen LogP contribution in [0.3, 0.4) is 0 Å². The molecule has 0 aliphatic heterocycles. The number of aryl methyl sites for hydroxylation is 1. The molecule has 2 unspecified atom stereocenters. The third-order valence-electron chi connectivity index (χ3n) is 8.46. The zero-order chi connectivity index (χ0) is 28.2. The fraction of sp³-hybridized carbons (Fsp3) is 0.143. The minimum atomic E-state index is -0.250. The molecule has 0 saturated carbocycles. The summed E-state index contributed by atoms with van der Waals surface area (Å²) < 4.78 is 13.6. The summed E-state index contributed by atoms with van der Waals surface area (Å²) in [5.74, 6) is 0.254. The number of carbonyl (C=O) groups excluding carboxylic acids is 2. The zero-order valence-corrected chi connectivity index (χ0v) is 23.1. The number of carbonyl (C=O) groups is 2. The van der Waals surface area contributed by atoms with Crippen LogP contribution in [0.5, 0.6) is 0 Å². The van der Waals surface area contributed by atoms with Crippen LogP contribution < -0.4 is 0 Å². The van der Waals surface area contributed by atoms with E-state index in [-0.39, 0.29) is 29.2 Å². The number of rotatable bonds is 2. The van der Waals surface area contributed by atoms with Gasteiger partial charge in [-0.15, -0.1) is 0 Å². The average Bonchev–Trinajstić information content (AvgIpc) is 3.72. The Labute approximate surface area is 241 Å². The predicted octanol–water partition coefficient (Wildman–Crippen LogP) is 8.87. The Balaban J connectivity index is 0.000000135. The van der Waals surface area contributed by atoms with E-state index in [1.807, 2.05) is 79.9 Å². The van der Waals surface area contributed by atoms with Gasteiger partial charge in [0.15, 0.2) is 11.6 Å². The molecule has 0 radical (unpaired) electrons. The number of nitrogens with one attached hydrogen (secondary N) is 2. The van der Waals surface area contributed by atoms with Crippen LogP contribution in [0, 0.1) is 12.7 Å². The lowest BCUT2D eigenvalue weighted by molar-refractivity contribution is 0.0983. The molecule has 0 amide bonds. The molecule has 41 heavy (non-hydrogen) atoms. The van der Waals surface area contributed by atoms with Crippen LogP contribution in [-0.2, 0) is 0 Å². The van der Waals surface area contributed by atoms with Crippen molar-refractivity contribution in [1.29, 1.82) is 0 Å². The van der Waals surface area contributed by atoms with Crippen LogP contribution in [0.2, 0.25) is 5.02 Å². The van der Waals surface area contributed by atoms with Crippen LogP contribution in [0.25, 0.3) is 21.8 Å². The van der Waals surface area contributed by atoms with Gasteiger partial charge in [0.05, 0.1) is 5.02 Å². The van der Waals surface area contributed by atoms with Crippen molar-refractivity contribution in [3.05, 3.63) is 141 Å². The maximum Gasteiger partial charge on any atom is 0.164 e. The van der Waals surface area contributed by atoms with E-state index in [0.29, 0.717) is 12.8 Å². The minimum Gasteiger partial charge on any atom is -0.361 e. The van der Waals surface area contributed by atoms with E-state index in [0.717, 1.165) is 65.9 Å². The molecule has 0 spiro atoms. The molecule has 202 valence electrons. The maximum absolute atomic E-state index is 13.6. The van der Waals surface area contributed by atoms with Crippen LogP contribution in [0.15, 0.2) is 91.1 Å². The third-order valence-corrected chi connectivity index (χ3v) is 8.77. The fourth-order valence-corrected chi connectivity index (χ4v) is 6.95. The van der Waals surface area contributed by atoms with Crippen LogP contribution in [-0.4, -0.2) is 21.5 Å². The second-order valence-electron chi connectivity index (χ2n) is 10.8. The van der Waals surface area contributed by atoms with E-state index in [1.54, 1.807) is 12.1 Å². The lowest BCUT2D eigenvalue weighted by Gasteiger charge is -2.11. The van der Waals surface area contributed by atoms with Gasteiger partial charge in [-0.05, 0) is 59.5 Å². The first-order valence-electron chi connectivity index (χ1n) is 13.7. The number of fused-ring (bicyclic) bond motifs is 4. The maximum atomic E-state index is 13.6. The van der Waals surface area contributed by atoms with E-state index < -0.39 is 0 Å². The van der Waals surface area contributed by atoms with Crippen molar-refractivity contribution in [2.24, 2.45) is 0 Å². The third kappa shape index (κ3) is 4.20. The molecule has 4 aromatic carbocycles. The Hall–Kier alpha value is -4.48. The Morgan fingerprint density at radius 1 is 0.756 bits per heavy atom. The molecule has 2 aromatic heterocycles. The topological polar surface area (TPSA) is 65.7 Å². The first-order valence-corrected chi connectivity index (χ1v) is 14.1. The fourth-order valence-electron chi connectivity index (χ4n) is 6.66. The van der Waals surface area contributed by atoms with Crippen molar-refractivity contribution in [3.63, 3.8) is 0 Å². The number of H-pyrrole nitrogens is 2. The highest BCUT2D eigenvalue weighted by Gasteiger charge is 2.33. The van der Waals surface area contributed by atoms with Crippen molar-refractivity contribution in [2.45, 2.75) is 31.6 Å². The largest absolute Gasteiger partial charge is 0.361 e. The summed E-state index contributed by atoms with van der Waals surface area (Å²) in [6.45, 7) is 1.98. The number of Topliss-reactive ketones (excluding diaryl/α,β-unsaturated/α-hetero) is 2. The molecule has 0 bridgehead atoms. The molecule has 0 saturated heterocycles. The highest BCUT2D eigenvalue weighted by atomic mass is 35.5. The molecule has 2 atom stereocenters. The Morgan fingerprint density at radius 2 is 1.41 bits per heavy atom. The highest BCUT2D eigenvalue weighted by Crippen LogP contribution is 2.43. The second kappa shape index (κ2) is 9.86. The van der Waals surface area contributed by atoms with Crippen molar-refractivity contribution in [2.75, 3.05) is 0 Å². The van der Waals surface area contributed by atoms with Gasteiger partial charge < -0.3 is 9.97 Å². The highest BCUT2D eigenvalue weighted by molar-refractivity contribution is 6.35. The molecule has 2 N–H and O–H groups in total. The first-order chi connectivity index (χ1) is 19.9. The molecular formula is C35H26ClFN2O2. The normalized spacial score (nSPS) is 17.5.